The zero-order valence-electron chi connectivity index (χ0n) is 17.2. The molecule has 0 saturated carbocycles. The Morgan fingerprint density at radius 2 is 1.93 bits per heavy atom. The Balaban J connectivity index is 1.66. The summed E-state index contributed by atoms with van der Waals surface area (Å²) < 4.78 is 6.78. The summed E-state index contributed by atoms with van der Waals surface area (Å²) in [5.74, 6) is 2.88. The molecule has 2 amide bonds. The Labute approximate surface area is 175 Å². The number of methoxy groups -OCH3 is 1. The van der Waals surface area contributed by atoms with E-state index in [1.54, 1.807) is 23.6 Å². The third-order valence-corrected chi connectivity index (χ3v) is 6.13. The van der Waals surface area contributed by atoms with Crippen LogP contribution in [0.5, 0.6) is 5.75 Å². The maximum Gasteiger partial charge on any atom is 0.242 e. The first-order chi connectivity index (χ1) is 14.0. The van der Waals surface area contributed by atoms with Crippen molar-refractivity contribution >= 4 is 29.4 Å². The van der Waals surface area contributed by atoms with Crippen LogP contribution in [0.1, 0.15) is 43.5 Å². The summed E-state index contributed by atoms with van der Waals surface area (Å²) in [5.41, 5.74) is 2.98. The summed E-state index contributed by atoms with van der Waals surface area (Å²) in [6.45, 7) is 4.53. The van der Waals surface area contributed by atoms with Gasteiger partial charge >= 0.3 is 0 Å². The summed E-state index contributed by atoms with van der Waals surface area (Å²) >= 11 is 1.77. The van der Waals surface area contributed by atoms with E-state index in [4.69, 9.17) is 4.74 Å². The fraction of sp³-hybridized carbons (Fsp3) is 0.476. The van der Waals surface area contributed by atoms with Crippen molar-refractivity contribution in [3.63, 3.8) is 0 Å². The Hall–Kier alpha value is -2.48. The maximum absolute atomic E-state index is 12.6. The minimum atomic E-state index is -0.146. The molecule has 8 heteroatoms. The average Bonchev–Trinajstić information content (AvgIpc) is 3.30. The Morgan fingerprint density at radius 3 is 2.59 bits per heavy atom. The number of hydrogen-bond donors (Lipinski definition) is 2. The highest BCUT2D eigenvalue weighted by Gasteiger charge is 2.26. The van der Waals surface area contributed by atoms with Crippen molar-refractivity contribution < 1.29 is 14.3 Å². The zero-order valence-corrected chi connectivity index (χ0v) is 18.0. The zero-order chi connectivity index (χ0) is 20.8. The van der Waals surface area contributed by atoms with Gasteiger partial charge in [0.15, 0.2) is 0 Å². The van der Waals surface area contributed by atoms with Gasteiger partial charge in [-0.3, -0.25) is 9.59 Å². The molecule has 1 aromatic carbocycles. The second kappa shape index (κ2) is 9.82. The molecule has 2 N–H and O–H groups in total. The van der Waals surface area contributed by atoms with Crippen LogP contribution in [-0.4, -0.2) is 28.7 Å². The summed E-state index contributed by atoms with van der Waals surface area (Å²) in [5, 5.41) is 10.5. The highest BCUT2D eigenvalue weighted by atomic mass is 32.2. The van der Waals surface area contributed by atoms with E-state index in [1.807, 2.05) is 38.1 Å². The molecular formula is C21H28N4O3S. The van der Waals surface area contributed by atoms with Gasteiger partial charge in [0.1, 0.15) is 18.1 Å². The molecule has 1 aliphatic heterocycles. The normalized spacial score (nSPS) is 12.7. The summed E-state index contributed by atoms with van der Waals surface area (Å²) in [6.07, 6.45) is 1.57. The van der Waals surface area contributed by atoms with Gasteiger partial charge in [0, 0.05) is 29.5 Å². The van der Waals surface area contributed by atoms with Crippen LogP contribution in [0.4, 0.5) is 5.82 Å². The lowest BCUT2D eigenvalue weighted by Gasteiger charge is -2.15. The molecule has 0 radical (unpaired) electrons. The van der Waals surface area contributed by atoms with Crippen LogP contribution in [-0.2, 0) is 34.2 Å². The highest BCUT2D eigenvalue weighted by Crippen LogP contribution is 2.35. The van der Waals surface area contributed by atoms with E-state index in [0.717, 1.165) is 46.9 Å². The quantitative estimate of drug-likeness (QED) is 0.655. The van der Waals surface area contributed by atoms with Crippen LogP contribution in [0, 0.1) is 5.92 Å². The maximum atomic E-state index is 12.6. The van der Waals surface area contributed by atoms with E-state index >= 15 is 0 Å². The largest absolute Gasteiger partial charge is 0.497 e. The molecule has 2 aromatic rings. The lowest BCUT2D eigenvalue weighted by Crippen LogP contribution is -2.29. The van der Waals surface area contributed by atoms with Crippen LogP contribution < -0.4 is 15.4 Å². The molecule has 0 aliphatic carbocycles. The molecule has 2 heterocycles. The second-order valence-electron chi connectivity index (χ2n) is 7.05. The number of aromatic nitrogens is 2. The number of carbonyl (C=O) groups excluding carboxylic acids is 2. The number of nitrogens with zero attached hydrogens (tertiary/aromatic N) is 2. The second-order valence-corrected chi connectivity index (χ2v) is 8.04. The molecule has 29 heavy (non-hydrogen) atoms. The Bertz CT molecular complexity index is 860. The minimum absolute atomic E-state index is 0.00510. The van der Waals surface area contributed by atoms with Gasteiger partial charge in [-0.1, -0.05) is 26.0 Å². The van der Waals surface area contributed by atoms with Crippen LogP contribution in [0.2, 0.25) is 0 Å². The monoisotopic (exact) mass is 416 g/mol. The Kier molecular flexibility index (Phi) is 7.19. The van der Waals surface area contributed by atoms with Crippen molar-refractivity contribution in [2.24, 2.45) is 5.92 Å². The molecule has 156 valence electrons. The number of rotatable bonds is 9. The first kappa shape index (κ1) is 21.2. The van der Waals surface area contributed by atoms with Gasteiger partial charge in [-0.15, -0.1) is 0 Å². The number of fused-ring (bicyclic) bond motifs is 1. The van der Waals surface area contributed by atoms with Crippen molar-refractivity contribution in [2.75, 3.05) is 12.4 Å². The number of anilines is 1. The van der Waals surface area contributed by atoms with E-state index in [2.05, 4.69) is 15.7 Å². The van der Waals surface area contributed by atoms with Crippen molar-refractivity contribution in [1.29, 1.82) is 0 Å². The van der Waals surface area contributed by atoms with Crippen molar-refractivity contribution in [2.45, 2.75) is 51.3 Å². The number of benzene rings is 1. The van der Waals surface area contributed by atoms with Gasteiger partial charge in [-0.25, -0.2) is 4.68 Å². The van der Waals surface area contributed by atoms with E-state index in [-0.39, 0.29) is 24.3 Å². The molecule has 0 bridgehead atoms. The van der Waals surface area contributed by atoms with Gasteiger partial charge in [0.2, 0.25) is 11.8 Å². The third kappa shape index (κ3) is 5.12. The first-order valence-corrected chi connectivity index (χ1v) is 11.1. The molecule has 3 rings (SSSR count). The predicted octanol–water partition coefficient (Wildman–Crippen LogP) is 3.33. The van der Waals surface area contributed by atoms with E-state index in [9.17, 15) is 9.59 Å². The summed E-state index contributed by atoms with van der Waals surface area (Å²) in [4.78, 5) is 25.1. The first-order valence-electron chi connectivity index (χ1n) is 9.92. The number of thioether (sulfide) groups is 1. The van der Waals surface area contributed by atoms with Crippen LogP contribution in [0.15, 0.2) is 24.3 Å². The van der Waals surface area contributed by atoms with E-state index in [0.29, 0.717) is 12.4 Å². The van der Waals surface area contributed by atoms with E-state index < -0.39 is 0 Å². The lowest BCUT2D eigenvalue weighted by molar-refractivity contribution is -0.122. The molecule has 0 fully saturated rings. The van der Waals surface area contributed by atoms with Crippen LogP contribution in [0.3, 0.4) is 0 Å². The topological polar surface area (TPSA) is 85.2 Å². The fourth-order valence-electron chi connectivity index (χ4n) is 3.33. The number of hydrogen-bond acceptors (Lipinski definition) is 5. The molecule has 0 saturated heterocycles. The van der Waals surface area contributed by atoms with Crippen molar-refractivity contribution in [3.05, 3.63) is 41.1 Å². The van der Waals surface area contributed by atoms with E-state index in [1.165, 1.54) is 0 Å². The summed E-state index contributed by atoms with van der Waals surface area (Å²) in [7, 11) is 1.62. The van der Waals surface area contributed by atoms with Crippen LogP contribution in [0.25, 0.3) is 0 Å². The fourth-order valence-corrected chi connectivity index (χ4v) is 4.37. The number of amides is 2. The van der Waals surface area contributed by atoms with Gasteiger partial charge < -0.3 is 15.4 Å². The number of nitrogens with one attached hydrogen (secondary N) is 2. The van der Waals surface area contributed by atoms with Gasteiger partial charge in [0.05, 0.1) is 12.8 Å². The molecule has 7 nitrogen and oxygen atoms in total. The van der Waals surface area contributed by atoms with Crippen molar-refractivity contribution in [1.82, 2.24) is 15.1 Å². The number of carbonyl (C=O) groups is 2. The SMILES string of the molecule is CCC(CC)C(=O)Nc1c2c(nn1CC(=O)NCc1ccc(OC)cc1)CSC2. The standard InChI is InChI=1S/C21H28N4O3S/c1-4-15(5-2)21(27)23-20-17-12-29-13-18(17)24-25(20)11-19(26)22-10-14-6-8-16(28-3)9-7-14/h6-9,15H,4-5,10-13H2,1-3H3,(H,22,26)(H,23,27). The lowest BCUT2D eigenvalue weighted by atomic mass is 10.0. The van der Waals surface area contributed by atoms with Gasteiger partial charge in [0.25, 0.3) is 0 Å². The van der Waals surface area contributed by atoms with Crippen molar-refractivity contribution in [3.8, 4) is 5.75 Å². The van der Waals surface area contributed by atoms with Crippen LogP contribution >= 0.6 is 11.8 Å². The molecular weight excluding hydrogens is 388 g/mol. The molecule has 1 aromatic heterocycles. The molecule has 0 spiro atoms. The molecule has 1 aliphatic rings. The number of ether oxygens (including phenoxy) is 1. The smallest absolute Gasteiger partial charge is 0.242 e. The third-order valence-electron chi connectivity index (χ3n) is 5.16. The highest BCUT2D eigenvalue weighted by molar-refractivity contribution is 7.98. The average molecular weight is 417 g/mol. The van der Waals surface area contributed by atoms with Gasteiger partial charge in [-0.05, 0) is 30.5 Å². The minimum Gasteiger partial charge on any atom is -0.497 e. The molecule has 0 unspecified atom stereocenters. The Morgan fingerprint density at radius 1 is 1.21 bits per heavy atom. The predicted molar refractivity (Wildman–Crippen MR) is 115 cm³/mol. The van der Waals surface area contributed by atoms with Gasteiger partial charge in [-0.2, -0.15) is 16.9 Å². The summed E-state index contributed by atoms with van der Waals surface area (Å²) in [6, 6.07) is 7.56. The molecule has 0 atom stereocenters.